The number of rotatable bonds is 2. The van der Waals surface area contributed by atoms with Gasteiger partial charge in [-0.3, -0.25) is 0 Å². The van der Waals surface area contributed by atoms with Gasteiger partial charge in [0.05, 0.1) is 11.3 Å². The SMILES string of the molecule is CCc1cc(N)nn1-c1ccc(C(F)(F)F)cc1. The summed E-state index contributed by atoms with van der Waals surface area (Å²) in [5.41, 5.74) is 6.32. The highest BCUT2D eigenvalue weighted by Gasteiger charge is 2.30. The number of hydrogen-bond donors (Lipinski definition) is 1. The maximum absolute atomic E-state index is 12.4. The van der Waals surface area contributed by atoms with Crippen molar-refractivity contribution >= 4 is 5.82 Å². The molecule has 0 spiro atoms. The molecule has 0 saturated carbocycles. The smallest absolute Gasteiger partial charge is 0.382 e. The van der Waals surface area contributed by atoms with Crippen LogP contribution in [0.1, 0.15) is 18.2 Å². The van der Waals surface area contributed by atoms with Crippen LogP contribution in [0.25, 0.3) is 5.69 Å². The first-order valence-electron chi connectivity index (χ1n) is 5.44. The Morgan fingerprint density at radius 1 is 1.22 bits per heavy atom. The first-order chi connectivity index (χ1) is 8.41. The van der Waals surface area contributed by atoms with E-state index >= 15 is 0 Å². The van der Waals surface area contributed by atoms with Gasteiger partial charge in [0, 0.05) is 11.8 Å². The summed E-state index contributed by atoms with van der Waals surface area (Å²) in [6.07, 6.45) is -3.62. The van der Waals surface area contributed by atoms with Crippen LogP contribution in [0, 0.1) is 0 Å². The Kier molecular flexibility index (Phi) is 3.02. The molecule has 0 bridgehead atoms. The van der Waals surface area contributed by atoms with Gasteiger partial charge in [-0.05, 0) is 30.7 Å². The average Bonchev–Trinajstić information content (AvgIpc) is 2.69. The minimum absolute atomic E-state index is 0.353. The molecular formula is C12H12F3N3. The number of hydrogen-bond acceptors (Lipinski definition) is 2. The molecule has 96 valence electrons. The topological polar surface area (TPSA) is 43.8 Å². The standard InChI is InChI=1S/C12H12F3N3/c1-2-9-7-11(16)17-18(9)10-5-3-8(4-6-10)12(13,14)15/h3-7H,2H2,1H3,(H2,16,17). The molecule has 3 nitrogen and oxygen atoms in total. The van der Waals surface area contributed by atoms with Crippen molar-refractivity contribution in [2.24, 2.45) is 0 Å². The first kappa shape index (κ1) is 12.5. The quantitative estimate of drug-likeness (QED) is 0.896. The Labute approximate surface area is 102 Å². The van der Waals surface area contributed by atoms with Crippen LogP contribution in [-0.4, -0.2) is 9.78 Å². The van der Waals surface area contributed by atoms with Gasteiger partial charge >= 0.3 is 6.18 Å². The molecule has 0 unspecified atom stereocenters. The molecule has 0 saturated heterocycles. The van der Waals surface area contributed by atoms with E-state index < -0.39 is 11.7 Å². The number of benzene rings is 1. The van der Waals surface area contributed by atoms with Crippen LogP contribution in [0.3, 0.4) is 0 Å². The van der Waals surface area contributed by atoms with Gasteiger partial charge in [0.15, 0.2) is 0 Å². The third-order valence-electron chi connectivity index (χ3n) is 2.60. The highest BCUT2D eigenvalue weighted by atomic mass is 19.4. The molecule has 1 aromatic carbocycles. The van der Waals surface area contributed by atoms with E-state index in [1.165, 1.54) is 12.1 Å². The van der Waals surface area contributed by atoms with Gasteiger partial charge in [-0.25, -0.2) is 4.68 Å². The maximum atomic E-state index is 12.4. The lowest BCUT2D eigenvalue weighted by atomic mass is 10.2. The van der Waals surface area contributed by atoms with Gasteiger partial charge in [-0.1, -0.05) is 6.92 Å². The zero-order valence-electron chi connectivity index (χ0n) is 9.70. The van der Waals surface area contributed by atoms with Crippen LogP contribution in [0.2, 0.25) is 0 Å². The van der Waals surface area contributed by atoms with E-state index in [1.54, 1.807) is 10.7 Å². The van der Waals surface area contributed by atoms with E-state index in [2.05, 4.69) is 5.10 Å². The minimum atomic E-state index is -4.32. The van der Waals surface area contributed by atoms with Gasteiger partial charge in [-0.15, -0.1) is 0 Å². The van der Waals surface area contributed by atoms with Gasteiger partial charge in [0.2, 0.25) is 0 Å². The highest BCUT2D eigenvalue weighted by Crippen LogP contribution is 2.29. The Bertz CT molecular complexity index is 541. The molecule has 0 aliphatic rings. The van der Waals surface area contributed by atoms with Crippen molar-refractivity contribution < 1.29 is 13.2 Å². The molecule has 2 aromatic rings. The molecule has 0 amide bonds. The van der Waals surface area contributed by atoms with Crippen molar-refractivity contribution in [2.45, 2.75) is 19.5 Å². The second-order valence-electron chi connectivity index (χ2n) is 3.87. The fourth-order valence-corrected chi connectivity index (χ4v) is 1.71. The molecule has 0 fully saturated rings. The average molecular weight is 255 g/mol. The summed E-state index contributed by atoms with van der Waals surface area (Å²) in [5.74, 6) is 0.353. The highest BCUT2D eigenvalue weighted by molar-refractivity contribution is 5.40. The van der Waals surface area contributed by atoms with Crippen LogP contribution in [0.15, 0.2) is 30.3 Å². The number of alkyl halides is 3. The van der Waals surface area contributed by atoms with E-state index in [1.807, 2.05) is 6.92 Å². The molecule has 18 heavy (non-hydrogen) atoms. The molecule has 0 aliphatic carbocycles. The minimum Gasteiger partial charge on any atom is -0.382 e. The second kappa shape index (κ2) is 4.36. The molecule has 6 heteroatoms. The summed E-state index contributed by atoms with van der Waals surface area (Å²) in [5, 5.41) is 4.06. The lowest BCUT2D eigenvalue weighted by molar-refractivity contribution is -0.137. The van der Waals surface area contributed by atoms with Crippen molar-refractivity contribution in [3.63, 3.8) is 0 Å². The number of nitrogens with zero attached hydrogens (tertiary/aromatic N) is 2. The normalized spacial score (nSPS) is 11.8. The second-order valence-corrected chi connectivity index (χ2v) is 3.87. The fourth-order valence-electron chi connectivity index (χ4n) is 1.71. The Morgan fingerprint density at radius 3 is 2.33 bits per heavy atom. The largest absolute Gasteiger partial charge is 0.416 e. The van der Waals surface area contributed by atoms with Crippen molar-refractivity contribution in [1.82, 2.24) is 9.78 Å². The number of aryl methyl sites for hydroxylation is 1. The van der Waals surface area contributed by atoms with E-state index in [-0.39, 0.29) is 0 Å². The molecule has 2 N–H and O–H groups in total. The lowest BCUT2D eigenvalue weighted by Gasteiger charge is -2.09. The van der Waals surface area contributed by atoms with E-state index in [0.717, 1.165) is 17.8 Å². The van der Waals surface area contributed by atoms with Gasteiger partial charge in [0.1, 0.15) is 5.82 Å². The molecule has 1 heterocycles. The molecule has 2 rings (SSSR count). The summed E-state index contributed by atoms with van der Waals surface area (Å²) < 4.78 is 38.8. The Balaban J connectivity index is 2.40. The summed E-state index contributed by atoms with van der Waals surface area (Å²) in [6, 6.07) is 6.54. The zero-order valence-corrected chi connectivity index (χ0v) is 9.70. The van der Waals surface area contributed by atoms with Gasteiger partial charge in [-0.2, -0.15) is 18.3 Å². The van der Waals surface area contributed by atoms with E-state index in [0.29, 0.717) is 17.9 Å². The van der Waals surface area contributed by atoms with E-state index in [4.69, 9.17) is 5.73 Å². The third kappa shape index (κ3) is 2.32. The molecule has 0 atom stereocenters. The summed E-state index contributed by atoms with van der Waals surface area (Å²) in [7, 11) is 0. The van der Waals surface area contributed by atoms with Crippen LogP contribution in [0.5, 0.6) is 0 Å². The Morgan fingerprint density at radius 2 is 1.83 bits per heavy atom. The predicted octanol–water partition coefficient (Wildman–Crippen LogP) is 3.04. The van der Waals surface area contributed by atoms with Crippen LogP contribution < -0.4 is 5.73 Å². The van der Waals surface area contributed by atoms with E-state index in [9.17, 15) is 13.2 Å². The number of nitrogen functional groups attached to an aromatic ring is 1. The van der Waals surface area contributed by atoms with Gasteiger partial charge in [0.25, 0.3) is 0 Å². The fraction of sp³-hybridized carbons (Fsp3) is 0.250. The maximum Gasteiger partial charge on any atom is 0.416 e. The monoisotopic (exact) mass is 255 g/mol. The van der Waals surface area contributed by atoms with Crippen LogP contribution >= 0.6 is 0 Å². The number of anilines is 1. The van der Waals surface area contributed by atoms with Crippen molar-refractivity contribution in [3.05, 3.63) is 41.6 Å². The Hall–Kier alpha value is -1.98. The number of nitrogens with two attached hydrogens (primary N) is 1. The predicted molar refractivity (Wildman–Crippen MR) is 62.4 cm³/mol. The van der Waals surface area contributed by atoms with Crippen LogP contribution in [0.4, 0.5) is 19.0 Å². The van der Waals surface area contributed by atoms with Crippen molar-refractivity contribution in [2.75, 3.05) is 5.73 Å². The van der Waals surface area contributed by atoms with Gasteiger partial charge < -0.3 is 5.73 Å². The molecule has 1 aromatic heterocycles. The summed E-state index contributed by atoms with van der Waals surface area (Å²) >= 11 is 0. The first-order valence-corrected chi connectivity index (χ1v) is 5.44. The van der Waals surface area contributed by atoms with Crippen LogP contribution in [-0.2, 0) is 12.6 Å². The molecular weight excluding hydrogens is 243 g/mol. The number of halogens is 3. The van der Waals surface area contributed by atoms with Crippen molar-refractivity contribution in [3.8, 4) is 5.69 Å². The lowest BCUT2D eigenvalue weighted by Crippen LogP contribution is -2.06. The zero-order chi connectivity index (χ0) is 13.3. The molecule has 0 aliphatic heterocycles. The summed E-state index contributed by atoms with van der Waals surface area (Å²) in [6.45, 7) is 1.93. The summed E-state index contributed by atoms with van der Waals surface area (Å²) in [4.78, 5) is 0. The number of aromatic nitrogens is 2. The molecule has 0 radical (unpaired) electrons. The van der Waals surface area contributed by atoms with Crippen molar-refractivity contribution in [1.29, 1.82) is 0 Å². The third-order valence-corrected chi connectivity index (χ3v) is 2.60.